The van der Waals surface area contributed by atoms with Crippen molar-refractivity contribution in [3.63, 3.8) is 0 Å². The zero-order chi connectivity index (χ0) is 26.2. The van der Waals surface area contributed by atoms with Gasteiger partial charge >= 0.3 is 5.97 Å². The molecule has 38 heavy (non-hydrogen) atoms. The number of benzene rings is 2. The Morgan fingerprint density at radius 2 is 1.66 bits per heavy atom. The van der Waals surface area contributed by atoms with E-state index in [1.165, 1.54) is 11.1 Å². The van der Waals surface area contributed by atoms with Gasteiger partial charge in [0.1, 0.15) is 5.82 Å². The monoisotopic (exact) mass is 573 g/mol. The number of fused-ring (bicyclic) bond motifs is 2. The van der Waals surface area contributed by atoms with Gasteiger partial charge in [0.15, 0.2) is 5.78 Å². The average Bonchev–Trinajstić information content (AvgIpc) is 3.60. The Labute approximate surface area is 229 Å². The van der Waals surface area contributed by atoms with Crippen molar-refractivity contribution in [1.82, 2.24) is 15.0 Å². The lowest BCUT2D eigenvalue weighted by Gasteiger charge is -2.30. The first kappa shape index (κ1) is 24.7. The molecule has 2 aliphatic heterocycles. The molecular formula is C29H28BrN5O3. The SMILES string of the molecule is O=C(O)CCC(=O)C1=CC(c2nc(N3CCCC3)nc(N3CCc4ccccc4C3)n2)c2ccc(Br)cc21. The number of ketones is 1. The van der Waals surface area contributed by atoms with Crippen LogP contribution >= 0.6 is 15.9 Å². The number of allylic oxidation sites excluding steroid dienone is 2. The Bertz CT molecular complexity index is 1450. The first-order valence-corrected chi connectivity index (χ1v) is 13.8. The summed E-state index contributed by atoms with van der Waals surface area (Å²) in [6.45, 7) is 3.38. The Balaban J connectivity index is 1.41. The molecule has 3 aromatic rings. The van der Waals surface area contributed by atoms with E-state index in [2.05, 4.69) is 50.0 Å². The smallest absolute Gasteiger partial charge is 0.303 e. The zero-order valence-corrected chi connectivity index (χ0v) is 22.5. The van der Waals surface area contributed by atoms with Gasteiger partial charge in [-0.05, 0) is 53.6 Å². The zero-order valence-electron chi connectivity index (χ0n) is 20.9. The van der Waals surface area contributed by atoms with E-state index in [0.29, 0.717) is 23.3 Å². The van der Waals surface area contributed by atoms with Gasteiger partial charge in [-0.15, -0.1) is 0 Å². The topological polar surface area (TPSA) is 99.5 Å². The molecule has 6 rings (SSSR count). The van der Waals surface area contributed by atoms with Crippen LogP contribution in [0.4, 0.5) is 11.9 Å². The highest BCUT2D eigenvalue weighted by atomic mass is 79.9. The van der Waals surface area contributed by atoms with Crippen LogP contribution < -0.4 is 9.80 Å². The summed E-state index contributed by atoms with van der Waals surface area (Å²) in [6, 6.07) is 14.4. The van der Waals surface area contributed by atoms with Gasteiger partial charge in [-0.3, -0.25) is 9.59 Å². The molecule has 0 bridgehead atoms. The van der Waals surface area contributed by atoms with E-state index in [4.69, 9.17) is 20.1 Å². The molecule has 1 saturated heterocycles. The number of anilines is 2. The number of carboxylic acids is 1. The number of aromatic nitrogens is 3. The van der Waals surface area contributed by atoms with Gasteiger partial charge in [0, 0.05) is 42.6 Å². The van der Waals surface area contributed by atoms with Crippen LogP contribution in [0.2, 0.25) is 0 Å². The number of nitrogens with zero attached hydrogens (tertiary/aromatic N) is 5. The van der Waals surface area contributed by atoms with Crippen LogP contribution in [0, 0.1) is 0 Å². The summed E-state index contributed by atoms with van der Waals surface area (Å²) in [5.41, 5.74) is 4.92. The quantitative estimate of drug-likeness (QED) is 0.432. The number of rotatable bonds is 7. The van der Waals surface area contributed by atoms with Crippen molar-refractivity contribution >= 4 is 45.2 Å². The second-order valence-corrected chi connectivity index (χ2v) is 11.0. The van der Waals surface area contributed by atoms with Crippen LogP contribution in [0.15, 0.2) is 53.0 Å². The minimum Gasteiger partial charge on any atom is -0.481 e. The fraction of sp³-hybridized carbons (Fsp3) is 0.345. The molecule has 1 unspecified atom stereocenters. The third kappa shape index (κ3) is 4.82. The Morgan fingerprint density at radius 1 is 0.921 bits per heavy atom. The van der Waals surface area contributed by atoms with E-state index in [-0.39, 0.29) is 24.5 Å². The summed E-state index contributed by atoms with van der Waals surface area (Å²) >= 11 is 3.53. The Kier molecular flexibility index (Phi) is 6.69. The molecule has 0 amide bonds. The number of carboxylic acid groups (broad SMARTS) is 1. The summed E-state index contributed by atoms with van der Waals surface area (Å²) in [5.74, 6) is 0.463. The average molecular weight is 574 g/mol. The number of aliphatic carboxylic acids is 1. The van der Waals surface area contributed by atoms with Crippen molar-refractivity contribution < 1.29 is 14.7 Å². The lowest BCUT2D eigenvalue weighted by Crippen LogP contribution is -2.33. The minimum absolute atomic E-state index is 0.0471. The van der Waals surface area contributed by atoms with E-state index in [9.17, 15) is 9.59 Å². The highest BCUT2D eigenvalue weighted by Gasteiger charge is 2.32. The minimum atomic E-state index is -0.983. The molecule has 194 valence electrons. The van der Waals surface area contributed by atoms with Gasteiger partial charge in [0.25, 0.3) is 0 Å². The molecule has 1 aliphatic carbocycles. The summed E-state index contributed by atoms with van der Waals surface area (Å²) in [6.07, 6.45) is 4.80. The van der Waals surface area contributed by atoms with Gasteiger partial charge in [0.05, 0.1) is 12.3 Å². The standard InChI is InChI=1S/C29H28BrN5O3/c30-20-7-8-21-22(15-20)23(25(36)9-10-26(37)38)16-24(21)27-31-28(34-12-3-4-13-34)33-29(32-27)35-14-11-18-5-1-2-6-19(18)17-35/h1-2,5-8,15-16,24H,3-4,9-14,17H2,(H,37,38). The number of hydrogen-bond donors (Lipinski definition) is 1. The number of Topliss-reactive ketones (excluding diaryl/α,β-unsaturated/α-hetero) is 1. The number of carbonyl (C=O) groups excluding carboxylic acids is 1. The van der Waals surface area contributed by atoms with Gasteiger partial charge < -0.3 is 14.9 Å². The second-order valence-electron chi connectivity index (χ2n) is 10.0. The molecule has 0 saturated carbocycles. The fourth-order valence-electron chi connectivity index (χ4n) is 5.57. The maximum Gasteiger partial charge on any atom is 0.303 e. The number of carbonyl (C=O) groups is 2. The predicted octanol–water partition coefficient (Wildman–Crippen LogP) is 4.76. The summed E-state index contributed by atoms with van der Waals surface area (Å²) < 4.78 is 0.856. The van der Waals surface area contributed by atoms with Crippen LogP contribution in [-0.2, 0) is 22.6 Å². The summed E-state index contributed by atoms with van der Waals surface area (Å²) in [4.78, 5) is 43.5. The molecule has 1 N–H and O–H groups in total. The molecule has 0 spiro atoms. The normalized spacial score (nSPS) is 18.2. The third-order valence-corrected chi connectivity index (χ3v) is 8.04. The van der Waals surface area contributed by atoms with Gasteiger partial charge in [0.2, 0.25) is 11.9 Å². The molecule has 2 aromatic carbocycles. The van der Waals surface area contributed by atoms with E-state index in [0.717, 1.165) is 61.0 Å². The van der Waals surface area contributed by atoms with Crippen molar-refractivity contribution in [3.05, 3.63) is 81.1 Å². The Hall–Kier alpha value is -3.59. The maximum atomic E-state index is 13.1. The molecule has 3 aliphatic rings. The first-order chi connectivity index (χ1) is 18.5. The molecule has 0 radical (unpaired) electrons. The van der Waals surface area contributed by atoms with E-state index >= 15 is 0 Å². The highest BCUT2D eigenvalue weighted by molar-refractivity contribution is 9.10. The van der Waals surface area contributed by atoms with Crippen LogP contribution in [0.1, 0.15) is 59.7 Å². The second kappa shape index (κ2) is 10.3. The van der Waals surface area contributed by atoms with Gasteiger partial charge in [-0.2, -0.15) is 15.0 Å². The number of hydrogen-bond acceptors (Lipinski definition) is 7. The van der Waals surface area contributed by atoms with Crippen LogP contribution in [0.25, 0.3) is 5.57 Å². The summed E-state index contributed by atoms with van der Waals surface area (Å²) in [7, 11) is 0. The third-order valence-electron chi connectivity index (χ3n) is 7.55. The highest BCUT2D eigenvalue weighted by Crippen LogP contribution is 2.42. The maximum absolute atomic E-state index is 13.1. The van der Waals surface area contributed by atoms with Crippen molar-refractivity contribution in [2.45, 2.75) is 44.6 Å². The largest absolute Gasteiger partial charge is 0.481 e. The molecule has 1 fully saturated rings. The van der Waals surface area contributed by atoms with E-state index in [1.54, 1.807) is 0 Å². The molecular weight excluding hydrogens is 546 g/mol. The fourth-order valence-corrected chi connectivity index (χ4v) is 5.93. The van der Waals surface area contributed by atoms with Crippen molar-refractivity contribution in [3.8, 4) is 0 Å². The van der Waals surface area contributed by atoms with E-state index < -0.39 is 5.97 Å². The van der Waals surface area contributed by atoms with E-state index in [1.807, 2.05) is 24.3 Å². The van der Waals surface area contributed by atoms with Gasteiger partial charge in [-0.25, -0.2) is 0 Å². The molecule has 1 aromatic heterocycles. The molecule has 9 heteroatoms. The van der Waals surface area contributed by atoms with Crippen LogP contribution in [0.3, 0.4) is 0 Å². The van der Waals surface area contributed by atoms with Crippen LogP contribution in [-0.4, -0.2) is 51.4 Å². The van der Waals surface area contributed by atoms with Crippen molar-refractivity contribution in [2.75, 3.05) is 29.4 Å². The number of halogens is 1. The van der Waals surface area contributed by atoms with Crippen LogP contribution in [0.5, 0.6) is 0 Å². The van der Waals surface area contributed by atoms with Crippen molar-refractivity contribution in [1.29, 1.82) is 0 Å². The van der Waals surface area contributed by atoms with Gasteiger partial charge in [-0.1, -0.05) is 52.3 Å². The molecule has 8 nitrogen and oxygen atoms in total. The lowest BCUT2D eigenvalue weighted by molar-refractivity contribution is -0.138. The summed E-state index contributed by atoms with van der Waals surface area (Å²) in [5, 5.41) is 9.11. The lowest BCUT2D eigenvalue weighted by atomic mass is 9.98. The predicted molar refractivity (Wildman–Crippen MR) is 148 cm³/mol. The molecule has 3 heterocycles. The van der Waals surface area contributed by atoms with Crippen molar-refractivity contribution in [2.24, 2.45) is 0 Å². The molecule has 1 atom stereocenters. The Morgan fingerprint density at radius 3 is 2.42 bits per heavy atom. The first-order valence-electron chi connectivity index (χ1n) is 13.1.